The fraction of sp³-hybridized carbons (Fsp3) is 0.0385. The molecule has 4 aromatic rings. The Morgan fingerprint density at radius 2 is 1.58 bits per heavy atom. The second kappa shape index (κ2) is 8.47. The van der Waals surface area contributed by atoms with Gasteiger partial charge in [0, 0.05) is 16.7 Å². The van der Waals surface area contributed by atoms with Crippen molar-refractivity contribution in [3.05, 3.63) is 107 Å². The molecule has 0 radical (unpaired) electrons. The molecule has 1 aromatic heterocycles. The van der Waals surface area contributed by atoms with Gasteiger partial charge < -0.3 is 14.3 Å². The molecule has 33 heavy (non-hydrogen) atoms. The second-order valence-corrected chi connectivity index (χ2v) is 7.43. The quantitative estimate of drug-likeness (QED) is 0.336. The van der Waals surface area contributed by atoms with E-state index in [2.05, 4.69) is 10.5 Å². The predicted molar refractivity (Wildman–Crippen MR) is 122 cm³/mol. The number of para-hydroxylation sites is 2. The molecule has 2 heterocycles. The van der Waals surface area contributed by atoms with Gasteiger partial charge in [-0.1, -0.05) is 48.5 Å². The molecule has 1 aliphatic heterocycles. The summed E-state index contributed by atoms with van der Waals surface area (Å²) in [6, 6.07) is 24.7. The lowest BCUT2D eigenvalue weighted by Gasteiger charge is -2.26. The highest BCUT2D eigenvalue weighted by atomic mass is 16.5. The number of nitrogens with zero attached hydrogens (tertiary/aromatic N) is 1. The number of carboxylic acid groups (broad SMARTS) is 1. The molecule has 0 bridgehead atoms. The Morgan fingerprint density at radius 3 is 2.27 bits per heavy atom. The van der Waals surface area contributed by atoms with E-state index in [4.69, 9.17) is 14.3 Å². The van der Waals surface area contributed by atoms with Crippen LogP contribution in [0.3, 0.4) is 0 Å². The molecule has 7 heteroatoms. The van der Waals surface area contributed by atoms with Gasteiger partial charge in [0.05, 0.1) is 17.7 Å². The molecule has 5 rings (SSSR count). The Hall–Kier alpha value is -4.65. The van der Waals surface area contributed by atoms with Crippen molar-refractivity contribution in [3.8, 4) is 22.8 Å². The van der Waals surface area contributed by atoms with Gasteiger partial charge in [0.1, 0.15) is 23.0 Å². The van der Waals surface area contributed by atoms with Gasteiger partial charge in [0.15, 0.2) is 0 Å². The number of amides is 1. The van der Waals surface area contributed by atoms with Crippen LogP contribution in [0.1, 0.15) is 33.2 Å². The third kappa shape index (κ3) is 3.99. The second-order valence-electron chi connectivity index (χ2n) is 7.43. The number of fused-ring (bicyclic) bond motifs is 2. The third-order valence-corrected chi connectivity index (χ3v) is 5.33. The highest BCUT2D eigenvalue weighted by molar-refractivity contribution is 5.91. The molecule has 162 valence electrons. The van der Waals surface area contributed by atoms with E-state index in [1.54, 1.807) is 24.3 Å². The summed E-state index contributed by atoms with van der Waals surface area (Å²) in [7, 11) is 0. The molecule has 0 spiro atoms. The summed E-state index contributed by atoms with van der Waals surface area (Å²) in [6.45, 7) is 0. The molecule has 0 saturated heterocycles. The summed E-state index contributed by atoms with van der Waals surface area (Å²) in [5, 5.41) is 13.2. The molecule has 7 nitrogen and oxygen atoms in total. The highest BCUT2D eigenvalue weighted by Crippen LogP contribution is 2.43. The zero-order valence-corrected chi connectivity index (χ0v) is 17.3. The molecule has 0 atom stereocenters. The van der Waals surface area contributed by atoms with Crippen molar-refractivity contribution in [2.45, 2.75) is 5.92 Å². The summed E-state index contributed by atoms with van der Waals surface area (Å²) in [4.78, 5) is 24.3. The fourth-order valence-electron chi connectivity index (χ4n) is 3.80. The number of hydrazone groups is 1. The maximum Gasteiger partial charge on any atom is 0.335 e. The van der Waals surface area contributed by atoms with Gasteiger partial charge in [-0.15, -0.1) is 0 Å². The van der Waals surface area contributed by atoms with E-state index in [9.17, 15) is 9.59 Å². The number of benzene rings is 3. The van der Waals surface area contributed by atoms with Crippen LogP contribution < -0.4 is 10.2 Å². The Kier molecular flexibility index (Phi) is 5.20. The summed E-state index contributed by atoms with van der Waals surface area (Å²) in [5.41, 5.74) is 4.93. The Labute approximate surface area is 188 Å². The third-order valence-electron chi connectivity index (χ3n) is 5.33. The average Bonchev–Trinajstić information content (AvgIpc) is 3.31. The van der Waals surface area contributed by atoms with Crippen LogP contribution in [0.4, 0.5) is 0 Å². The first-order valence-corrected chi connectivity index (χ1v) is 10.2. The topological polar surface area (TPSA) is 101 Å². The Bertz CT molecular complexity index is 1340. The van der Waals surface area contributed by atoms with Gasteiger partial charge in [0.25, 0.3) is 5.91 Å². The molecule has 0 unspecified atom stereocenters. The first-order valence-electron chi connectivity index (χ1n) is 10.2. The van der Waals surface area contributed by atoms with Gasteiger partial charge in [-0.2, -0.15) is 5.10 Å². The van der Waals surface area contributed by atoms with Crippen molar-refractivity contribution in [2.75, 3.05) is 0 Å². The molecular formula is C26H18N2O5. The molecule has 1 amide bonds. The first kappa shape index (κ1) is 20.3. The van der Waals surface area contributed by atoms with Crippen molar-refractivity contribution in [3.63, 3.8) is 0 Å². The van der Waals surface area contributed by atoms with E-state index in [1.807, 2.05) is 48.5 Å². The van der Waals surface area contributed by atoms with Gasteiger partial charge in [0.2, 0.25) is 0 Å². The van der Waals surface area contributed by atoms with Crippen LogP contribution in [-0.4, -0.2) is 23.2 Å². The number of hydrogen-bond donors (Lipinski definition) is 2. The van der Waals surface area contributed by atoms with Crippen LogP contribution in [0.5, 0.6) is 11.5 Å². The van der Waals surface area contributed by atoms with Crippen molar-refractivity contribution < 1.29 is 23.8 Å². The number of rotatable bonds is 5. The molecule has 3 aromatic carbocycles. The van der Waals surface area contributed by atoms with Crippen molar-refractivity contribution in [2.24, 2.45) is 5.10 Å². The minimum absolute atomic E-state index is 0.170. The molecule has 0 fully saturated rings. The molecular weight excluding hydrogens is 420 g/mol. The monoisotopic (exact) mass is 438 g/mol. The smallest absolute Gasteiger partial charge is 0.335 e. The minimum Gasteiger partial charge on any atom is -0.478 e. The molecule has 2 N–H and O–H groups in total. The van der Waals surface area contributed by atoms with Crippen LogP contribution in [0.25, 0.3) is 11.3 Å². The largest absolute Gasteiger partial charge is 0.478 e. The van der Waals surface area contributed by atoms with E-state index < -0.39 is 11.9 Å². The van der Waals surface area contributed by atoms with Gasteiger partial charge in [-0.25, -0.2) is 10.2 Å². The standard InChI is InChI=1S/C26H18N2O5/c29-25(24-19-8-1-3-10-22(19)33-23-11-4-2-9-20(23)24)28-27-15-18-12-13-21(32-18)16-6-5-7-17(14-16)26(30)31/h1-15,24H,(H,28,29)(H,30,31)/b27-15+. The van der Waals surface area contributed by atoms with Crippen LogP contribution in [0, 0.1) is 0 Å². The zero-order valence-electron chi connectivity index (χ0n) is 17.3. The lowest BCUT2D eigenvalue weighted by atomic mass is 9.87. The van der Waals surface area contributed by atoms with Crippen molar-refractivity contribution >= 4 is 18.1 Å². The Morgan fingerprint density at radius 1 is 0.879 bits per heavy atom. The maximum absolute atomic E-state index is 13.1. The van der Waals surface area contributed by atoms with Crippen LogP contribution >= 0.6 is 0 Å². The van der Waals surface area contributed by atoms with Crippen molar-refractivity contribution in [1.29, 1.82) is 0 Å². The SMILES string of the molecule is O=C(O)c1cccc(-c2ccc(/C=N/NC(=O)C3c4ccccc4Oc4ccccc43)o2)c1. The van der Waals surface area contributed by atoms with Crippen LogP contribution in [-0.2, 0) is 4.79 Å². The number of nitrogens with one attached hydrogen (secondary N) is 1. The molecule has 0 saturated carbocycles. The van der Waals surface area contributed by atoms with Gasteiger partial charge in [-0.05, 0) is 36.4 Å². The van der Waals surface area contributed by atoms with Crippen LogP contribution in [0.15, 0.2) is 94.4 Å². The van der Waals surface area contributed by atoms with Gasteiger partial charge in [-0.3, -0.25) is 4.79 Å². The number of ether oxygens (including phenoxy) is 1. The molecule has 1 aliphatic rings. The van der Waals surface area contributed by atoms with Crippen molar-refractivity contribution in [1.82, 2.24) is 5.43 Å². The summed E-state index contributed by atoms with van der Waals surface area (Å²) < 4.78 is 11.7. The van der Waals surface area contributed by atoms with E-state index in [-0.39, 0.29) is 11.5 Å². The number of aromatic carboxylic acids is 1. The summed E-state index contributed by atoms with van der Waals surface area (Å²) in [6.07, 6.45) is 1.40. The Balaban J connectivity index is 1.34. The normalized spacial score (nSPS) is 12.6. The van der Waals surface area contributed by atoms with E-state index >= 15 is 0 Å². The number of furan rings is 1. The fourth-order valence-corrected chi connectivity index (χ4v) is 3.80. The van der Waals surface area contributed by atoms with Crippen LogP contribution in [0.2, 0.25) is 0 Å². The minimum atomic E-state index is -1.01. The number of carboxylic acids is 1. The van der Waals surface area contributed by atoms with E-state index in [1.165, 1.54) is 18.3 Å². The number of carbonyl (C=O) groups is 2. The lowest BCUT2D eigenvalue weighted by Crippen LogP contribution is -2.28. The van der Waals surface area contributed by atoms with Gasteiger partial charge >= 0.3 is 5.97 Å². The van der Waals surface area contributed by atoms with E-state index in [0.29, 0.717) is 28.6 Å². The average molecular weight is 438 g/mol. The molecule has 0 aliphatic carbocycles. The number of hydrogen-bond acceptors (Lipinski definition) is 5. The lowest BCUT2D eigenvalue weighted by molar-refractivity contribution is -0.121. The highest BCUT2D eigenvalue weighted by Gasteiger charge is 2.32. The van der Waals surface area contributed by atoms with E-state index in [0.717, 1.165) is 11.1 Å². The summed E-state index contributed by atoms with van der Waals surface area (Å²) in [5.74, 6) is 0.324. The maximum atomic E-state index is 13.1. The number of carbonyl (C=O) groups excluding carboxylic acids is 1. The predicted octanol–water partition coefficient (Wildman–Crippen LogP) is 5.03. The zero-order chi connectivity index (χ0) is 22.8. The first-order chi connectivity index (χ1) is 16.1. The summed E-state index contributed by atoms with van der Waals surface area (Å²) >= 11 is 0.